The zero-order chi connectivity index (χ0) is 15.0. The molecule has 0 bridgehead atoms. The van der Waals surface area contributed by atoms with E-state index < -0.39 is 6.04 Å². The van der Waals surface area contributed by atoms with Gasteiger partial charge in [-0.3, -0.25) is 5.32 Å². The van der Waals surface area contributed by atoms with Crippen molar-refractivity contribution >= 4 is 5.97 Å². The molecule has 0 radical (unpaired) electrons. The zero-order valence-corrected chi connectivity index (χ0v) is 13.1. The lowest BCUT2D eigenvalue weighted by Crippen LogP contribution is -2.48. The average Bonchev–Trinajstić information content (AvgIpc) is 2.50. The third-order valence-corrected chi connectivity index (χ3v) is 4.14. The van der Waals surface area contributed by atoms with Crippen molar-refractivity contribution in [3.05, 3.63) is 35.9 Å². The summed E-state index contributed by atoms with van der Waals surface area (Å²) in [5.74, 6) is -0.196. The van der Waals surface area contributed by atoms with Crippen LogP contribution < -0.4 is 5.32 Å². The number of ether oxygens (including phenoxy) is 1. The van der Waals surface area contributed by atoms with Gasteiger partial charge in [0.1, 0.15) is 6.04 Å². The molecule has 3 heteroatoms. The zero-order valence-electron chi connectivity index (χ0n) is 13.1. The van der Waals surface area contributed by atoms with Crippen LogP contribution in [0.2, 0.25) is 0 Å². The Kier molecular flexibility index (Phi) is 6.73. The summed E-state index contributed by atoms with van der Waals surface area (Å²) >= 11 is 0. The van der Waals surface area contributed by atoms with Gasteiger partial charge in [-0.25, -0.2) is 4.79 Å². The Bertz CT molecular complexity index is 390. The number of carbonyl (C=O) groups excluding carboxylic acids is 1. The summed E-state index contributed by atoms with van der Waals surface area (Å²) in [6.07, 6.45) is 2.97. The van der Waals surface area contributed by atoms with Crippen molar-refractivity contribution in [1.29, 1.82) is 0 Å². The van der Waals surface area contributed by atoms with Gasteiger partial charge in [0.05, 0.1) is 6.61 Å². The van der Waals surface area contributed by atoms with Gasteiger partial charge in [0.2, 0.25) is 0 Å². The highest BCUT2D eigenvalue weighted by Gasteiger charge is 2.32. The van der Waals surface area contributed by atoms with Gasteiger partial charge < -0.3 is 4.74 Å². The quantitative estimate of drug-likeness (QED) is 0.733. The summed E-state index contributed by atoms with van der Waals surface area (Å²) in [7, 11) is 0. The van der Waals surface area contributed by atoms with E-state index in [1.165, 1.54) is 0 Å². The van der Waals surface area contributed by atoms with Crippen molar-refractivity contribution < 1.29 is 9.53 Å². The predicted molar refractivity (Wildman–Crippen MR) is 82.6 cm³/mol. The number of rotatable bonds is 8. The van der Waals surface area contributed by atoms with Crippen LogP contribution in [0.25, 0.3) is 0 Å². The molecule has 1 aromatic rings. The molecule has 3 nitrogen and oxygen atoms in total. The number of hydrogen-bond donors (Lipinski definition) is 1. The number of nitrogens with one attached hydrogen (secondary N) is 1. The average molecular weight is 277 g/mol. The highest BCUT2D eigenvalue weighted by Crippen LogP contribution is 2.25. The Morgan fingerprint density at radius 1 is 1.10 bits per heavy atom. The third-order valence-electron chi connectivity index (χ3n) is 4.14. The molecule has 1 aromatic carbocycles. The first-order chi connectivity index (χ1) is 9.62. The molecule has 0 heterocycles. The lowest BCUT2D eigenvalue weighted by molar-refractivity contribution is -0.146. The first-order valence-electron chi connectivity index (χ1n) is 7.61. The Hall–Kier alpha value is -1.35. The minimum Gasteiger partial charge on any atom is -0.465 e. The monoisotopic (exact) mass is 277 g/mol. The van der Waals surface area contributed by atoms with E-state index in [0.29, 0.717) is 6.61 Å². The molecule has 1 atom stereocenters. The molecule has 0 fully saturated rings. The minimum atomic E-state index is -0.393. The third kappa shape index (κ3) is 4.07. The molecule has 0 spiro atoms. The fourth-order valence-electron chi connectivity index (χ4n) is 2.51. The maximum atomic E-state index is 12.3. The molecule has 1 N–H and O–H groups in total. The van der Waals surface area contributed by atoms with Crippen molar-refractivity contribution in [1.82, 2.24) is 5.32 Å². The largest absolute Gasteiger partial charge is 0.465 e. The molecule has 0 aliphatic carbocycles. The van der Waals surface area contributed by atoms with Crippen LogP contribution in [0.4, 0.5) is 0 Å². The van der Waals surface area contributed by atoms with Gasteiger partial charge in [-0.05, 0) is 31.7 Å². The Morgan fingerprint density at radius 2 is 1.65 bits per heavy atom. The van der Waals surface area contributed by atoms with E-state index in [1.54, 1.807) is 0 Å². The summed E-state index contributed by atoms with van der Waals surface area (Å²) in [5.41, 5.74) is 0.943. The Balaban J connectivity index is 3.02. The molecule has 112 valence electrons. The van der Waals surface area contributed by atoms with Crippen LogP contribution in [0.1, 0.15) is 58.6 Å². The molecular weight excluding hydrogens is 250 g/mol. The van der Waals surface area contributed by atoms with Crippen LogP contribution in [0.15, 0.2) is 30.3 Å². The summed E-state index contributed by atoms with van der Waals surface area (Å²) < 4.78 is 5.24. The van der Waals surface area contributed by atoms with Gasteiger partial charge in [-0.2, -0.15) is 0 Å². The molecule has 0 amide bonds. The lowest BCUT2D eigenvalue weighted by atomic mass is 9.88. The number of benzene rings is 1. The van der Waals surface area contributed by atoms with Crippen molar-refractivity contribution in [3.63, 3.8) is 0 Å². The van der Waals surface area contributed by atoms with E-state index in [9.17, 15) is 4.79 Å². The van der Waals surface area contributed by atoms with E-state index in [1.807, 2.05) is 37.3 Å². The van der Waals surface area contributed by atoms with E-state index in [0.717, 1.165) is 24.8 Å². The normalized spacial score (nSPS) is 13.0. The minimum absolute atomic E-state index is 0.0206. The van der Waals surface area contributed by atoms with Gasteiger partial charge in [-0.1, -0.05) is 51.1 Å². The molecule has 0 saturated heterocycles. The highest BCUT2D eigenvalue weighted by atomic mass is 16.5. The summed E-state index contributed by atoms with van der Waals surface area (Å²) in [4.78, 5) is 12.3. The topological polar surface area (TPSA) is 38.3 Å². The van der Waals surface area contributed by atoms with Gasteiger partial charge in [0, 0.05) is 5.54 Å². The number of esters is 1. The second-order valence-electron chi connectivity index (χ2n) is 5.08. The van der Waals surface area contributed by atoms with E-state index >= 15 is 0 Å². The molecule has 0 aliphatic heterocycles. The molecule has 0 aromatic heterocycles. The second kappa shape index (κ2) is 8.05. The first-order valence-corrected chi connectivity index (χ1v) is 7.61. The first kappa shape index (κ1) is 16.7. The van der Waals surface area contributed by atoms with Crippen molar-refractivity contribution in [2.45, 2.75) is 58.5 Å². The van der Waals surface area contributed by atoms with Crippen LogP contribution in [0.5, 0.6) is 0 Å². The summed E-state index contributed by atoms with van der Waals surface area (Å²) in [6.45, 7) is 8.72. The van der Waals surface area contributed by atoms with Crippen molar-refractivity contribution in [3.8, 4) is 0 Å². The van der Waals surface area contributed by atoms with Crippen LogP contribution in [-0.4, -0.2) is 18.1 Å². The van der Waals surface area contributed by atoms with E-state index in [-0.39, 0.29) is 11.5 Å². The summed E-state index contributed by atoms with van der Waals surface area (Å²) in [5, 5.41) is 3.54. The van der Waals surface area contributed by atoms with Gasteiger partial charge in [-0.15, -0.1) is 0 Å². The Labute approximate surface area is 122 Å². The fourth-order valence-corrected chi connectivity index (χ4v) is 2.51. The van der Waals surface area contributed by atoms with Crippen molar-refractivity contribution in [2.75, 3.05) is 6.61 Å². The number of hydrogen-bond acceptors (Lipinski definition) is 3. The smallest absolute Gasteiger partial charge is 0.327 e. The molecule has 0 saturated carbocycles. The van der Waals surface area contributed by atoms with Crippen LogP contribution in [-0.2, 0) is 9.53 Å². The van der Waals surface area contributed by atoms with E-state index in [4.69, 9.17) is 4.74 Å². The van der Waals surface area contributed by atoms with Crippen molar-refractivity contribution in [2.24, 2.45) is 0 Å². The van der Waals surface area contributed by atoms with Crippen LogP contribution in [0.3, 0.4) is 0 Å². The maximum absolute atomic E-state index is 12.3. The second-order valence-corrected chi connectivity index (χ2v) is 5.08. The SMILES string of the molecule is CCOC(=O)C(NC(CC)(CC)CC)c1ccccc1. The molecule has 20 heavy (non-hydrogen) atoms. The Morgan fingerprint density at radius 3 is 2.10 bits per heavy atom. The summed E-state index contributed by atoms with van der Waals surface area (Å²) in [6, 6.07) is 9.42. The standard InChI is InChI=1S/C17H27NO2/c1-5-17(6-2,7-3)18-15(16(19)20-8-4)14-12-10-9-11-13-14/h9-13,15,18H,5-8H2,1-4H3. The van der Waals surface area contributed by atoms with Crippen LogP contribution >= 0.6 is 0 Å². The number of carbonyl (C=O) groups is 1. The molecule has 0 aliphatic rings. The fraction of sp³-hybridized carbons (Fsp3) is 0.588. The lowest BCUT2D eigenvalue weighted by Gasteiger charge is -2.35. The maximum Gasteiger partial charge on any atom is 0.327 e. The molecule has 1 unspecified atom stereocenters. The predicted octanol–water partition coefficient (Wildman–Crippen LogP) is 3.85. The van der Waals surface area contributed by atoms with Gasteiger partial charge in [0.15, 0.2) is 0 Å². The molecule has 1 rings (SSSR count). The van der Waals surface area contributed by atoms with Crippen LogP contribution in [0, 0.1) is 0 Å². The molecular formula is C17H27NO2. The van der Waals surface area contributed by atoms with Gasteiger partial charge in [0.25, 0.3) is 0 Å². The highest BCUT2D eigenvalue weighted by molar-refractivity contribution is 5.77. The van der Waals surface area contributed by atoms with Gasteiger partial charge >= 0.3 is 5.97 Å². The van der Waals surface area contributed by atoms with E-state index in [2.05, 4.69) is 26.1 Å².